The predicted octanol–water partition coefficient (Wildman–Crippen LogP) is -7.90. The second-order valence-electron chi connectivity index (χ2n) is 0.447. The summed E-state index contributed by atoms with van der Waals surface area (Å²) < 4.78 is 51.4. The molecule has 0 bridgehead atoms. The van der Waals surface area contributed by atoms with Gasteiger partial charge in [0.25, 0.3) is 0 Å². The number of hydrogen-bond acceptors (Lipinski definition) is 6. The van der Waals surface area contributed by atoms with E-state index in [-0.39, 0.29) is 49.5 Å². The van der Waals surface area contributed by atoms with Gasteiger partial charge in [-0.1, -0.05) is 0 Å². The Labute approximate surface area is 104 Å². The van der Waals surface area contributed by atoms with Crippen molar-refractivity contribution in [3.05, 3.63) is 0 Å². The third kappa shape index (κ3) is 239. The summed E-state index contributed by atoms with van der Waals surface area (Å²) in [6.45, 7) is 0. The molecule has 0 aliphatic rings. The van der Waals surface area contributed by atoms with Gasteiger partial charge in [-0.3, -0.25) is 0 Å². The summed E-state index contributed by atoms with van der Waals surface area (Å²) in [7, 11) is 0. The fourth-order valence-electron chi connectivity index (χ4n) is 0. The third-order valence-corrected chi connectivity index (χ3v) is 0. The first-order chi connectivity index (χ1) is 3.46. The van der Waals surface area contributed by atoms with Gasteiger partial charge in [0.1, 0.15) is 0 Å². The third-order valence-electron chi connectivity index (χ3n) is 0. The van der Waals surface area contributed by atoms with E-state index >= 15 is 0 Å². The molecule has 0 amide bonds. The van der Waals surface area contributed by atoms with Gasteiger partial charge in [-0.2, -0.15) is 0 Å². The first kappa shape index (κ1) is 29.2. The number of hydrogen-bond donors (Lipinski definition) is 0. The zero-order valence-electron chi connectivity index (χ0n) is 4.29. The summed E-state index contributed by atoms with van der Waals surface area (Å²) in [4.78, 5) is 0. The Kier molecular flexibility index (Phi) is 60.6. The van der Waals surface area contributed by atoms with E-state index in [0.29, 0.717) is 0 Å². The van der Waals surface area contributed by atoms with Crippen LogP contribution in [-0.4, -0.2) is 31.4 Å². The van der Waals surface area contributed by atoms with E-state index in [1.165, 1.54) is 0 Å². The molecular weight excluding hydrogens is 422 g/mol. The molecule has 0 aromatic heterocycles. The van der Waals surface area contributed by atoms with Crippen LogP contribution < -0.4 is 24.6 Å². The molecule has 0 aromatic carbocycles. The van der Waals surface area contributed by atoms with Gasteiger partial charge in [0.15, 0.2) is 0 Å². The van der Waals surface area contributed by atoms with E-state index in [1.807, 2.05) is 0 Å². The van der Waals surface area contributed by atoms with E-state index in [2.05, 4.69) is 0 Å². The van der Waals surface area contributed by atoms with Crippen LogP contribution in [-0.2, 0) is 49.5 Å². The summed E-state index contributed by atoms with van der Waals surface area (Å²) in [5.41, 5.74) is 0. The molecule has 0 fully saturated rings. The Morgan fingerprint density at radius 1 is 0.455 bits per heavy atom. The van der Waals surface area contributed by atoms with Crippen molar-refractivity contribution in [3.63, 3.8) is 0 Å². The molecule has 0 radical (unpaired) electrons. The molecule has 0 saturated heterocycles. The van der Waals surface area contributed by atoms with Crippen LogP contribution in [0.3, 0.4) is 0 Å². The minimum atomic E-state index is -3.94. The zero-order chi connectivity index (χ0) is 7.15. The van der Waals surface area contributed by atoms with Crippen LogP contribution in [0.25, 0.3) is 0 Å². The second-order valence-corrected chi connectivity index (χ2v) is 2.32. The Bertz CT molecular complexity index is 31.3. The van der Waals surface area contributed by atoms with Crippen LogP contribution >= 0.6 is 0 Å². The van der Waals surface area contributed by atoms with Gasteiger partial charge in [-0.05, 0) is 0 Å². The van der Waals surface area contributed by atoms with Gasteiger partial charge in [-0.25, -0.2) is 0 Å². The second kappa shape index (κ2) is 22.8. The standard InChI is InChI=1S/2AsO3.3Ni/c2*2-1(3)4;;;/q2*-3;3*+2. The summed E-state index contributed by atoms with van der Waals surface area (Å²) in [5, 5.41) is 0. The molecular formula is As2Ni3O6. The molecule has 6 nitrogen and oxygen atoms in total. The molecule has 0 saturated carbocycles. The van der Waals surface area contributed by atoms with E-state index < -0.39 is 31.4 Å². The van der Waals surface area contributed by atoms with Crippen LogP contribution in [0.2, 0.25) is 0 Å². The quantitative estimate of drug-likeness (QED) is 0.356. The van der Waals surface area contributed by atoms with Crippen molar-refractivity contribution in [2.75, 3.05) is 0 Å². The van der Waals surface area contributed by atoms with Crippen molar-refractivity contribution in [3.8, 4) is 0 Å². The van der Waals surface area contributed by atoms with Crippen molar-refractivity contribution >= 4 is 31.4 Å². The van der Waals surface area contributed by atoms with Gasteiger partial charge >= 0.3 is 105 Å². The van der Waals surface area contributed by atoms with Crippen molar-refractivity contribution in [1.29, 1.82) is 0 Å². The molecule has 0 aliphatic heterocycles. The molecule has 0 rings (SSSR count). The molecule has 0 spiro atoms. The van der Waals surface area contributed by atoms with Crippen LogP contribution in [0.1, 0.15) is 0 Å². The van der Waals surface area contributed by atoms with Gasteiger partial charge in [-0.15, -0.1) is 0 Å². The van der Waals surface area contributed by atoms with Crippen molar-refractivity contribution in [2.24, 2.45) is 0 Å². The maximum absolute atomic E-state index is 8.56. The first-order valence-corrected chi connectivity index (χ1v) is 5.69. The van der Waals surface area contributed by atoms with E-state index in [1.54, 1.807) is 0 Å². The van der Waals surface area contributed by atoms with Gasteiger partial charge in [0.05, 0.1) is 0 Å². The van der Waals surface area contributed by atoms with Crippen LogP contribution in [0, 0.1) is 0 Å². The molecule has 76 valence electrons. The van der Waals surface area contributed by atoms with Crippen molar-refractivity contribution in [1.82, 2.24) is 0 Å². The van der Waals surface area contributed by atoms with Crippen LogP contribution in [0.15, 0.2) is 0 Å². The van der Waals surface area contributed by atoms with E-state index in [4.69, 9.17) is 24.6 Å². The van der Waals surface area contributed by atoms with Crippen molar-refractivity contribution in [2.45, 2.75) is 0 Å². The summed E-state index contributed by atoms with van der Waals surface area (Å²) in [5.74, 6) is 0. The molecule has 0 atom stereocenters. The molecule has 0 unspecified atom stereocenters. The normalized spacial score (nSPS) is 6.55. The first-order valence-electron chi connectivity index (χ1n) is 1.10. The molecule has 0 aliphatic carbocycles. The average molecular weight is 422 g/mol. The fraction of sp³-hybridized carbons (Fsp3) is 0. The predicted molar refractivity (Wildman–Crippen MR) is 11.5 cm³/mol. The summed E-state index contributed by atoms with van der Waals surface area (Å²) in [6.07, 6.45) is 0. The van der Waals surface area contributed by atoms with Gasteiger partial charge in [0.2, 0.25) is 0 Å². The summed E-state index contributed by atoms with van der Waals surface area (Å²) >= 11 is -7.88. The van der Waals surface area contributed by atoms with Crippen molar-refractivity contribution < 1.29 is 74.0 Å². The Hall–Kier alpha value is 2.36. The molecule has 0 heterocycles. The molecule has 11 heavy (non-hydrogen) atoms. The zero-order valence-corrected chi connectivity index (χ0v) is 11.0. The van der Waals surface area contributed by atoms with E-state index in [9.17, 15) is 0 Å². The molecule has 0 aromatic rings. The fourth-order valence-corrected chi connectivity index (χ4v) is 0. The van der Waals surface area contributed by atoms with Crippen LogP contribution in [0.4, 0.5) is 0 Å². The minimum absolute atomic E-state index is 0. The topological polar surface area (TPSA) is 138 Å². The average Bonchev–Trinajstić information content (AvgIpc) is 1.25. The maximum atomic E-state index is 8.56. The molecule has 11 heteroatoms. The van der Waals surface area contributed by atoms with Crippen LogP contribution in [0.5, 0.6) is 0 Å². The monoisotopic (exact) mass is 420 g/mol. The Balaban J connectivity index is -0.0000000171. The SMILES string of the molecule is [Ni+2].[Ni+2].[Ni+2].[O-][As]([O-])[O-].[O-][As]([O-])[O-]. The Morgan fingerprint density at radius 2 is 0.455 bits per heavy atom. The van der Waals surface area contributed by atoms with Gasteiger partial charge in [0, 0.05) is 0 Å². The van der Waals surface area contributed by atoms with Gasteiger partial charge < -0.3 is 0 Å². The molecule has 0 N–H and O–H groups in total. The van der Waals surface area contributed by atoms with E-state index in [0.717, 1.165) is 0 Å². The Morgan fingerprint density at radius 3 is 0.455 bits per heavy atom. The number of rotatable bonds is 0. The summed E-state index contributed by atoms with van der Waals surface area (Å²) in [6, 6.07) is 0.